The van der Waals surface area contributed by atoms with E-state index in [0.717, 1.165) is 0 Å². The van der Waals surface area contributed by atoms with Crippen LogP contribution in [0.5, 0.6) is 0 Å². The minimum absolute atomic E-state index is 0.0289. The minimum atomic E-state index is -3.80. The number of aliphatic carboxylic acids is 1. The Kier molecular flexibility index (Phi) is 8.38. The summed E-state index contributed by atoms with van der Waals surface area (Å²) in [6.07, 6.45) is -0.979. The molecule has 0 aromatic heterocycles. The fourth-order valence-corrected chi connectivity index (χ4v) is 0.653. The summed E-state index contributed by atoms with van der Waals surface area (Å²) in [6, 6.07) is -1.16. The van der Waals surface area contributed by atoms with E-state index in [1.165, 1.54) is 6.92 Å². The molecule has 0 aliphatic heterocycles. The molecule has 0 heterocycles. The van der Waals surface area contributed by atoms with Crippen molar-refractivity contribution in [3.63, 3.8) is 0 Å². The van der Waals surface area contributed by atoms with E-state index >= 15 is 0 Å². The molecule has 15 heavy (non-hydrogen) atoms. The van der Waals surface area contributed by atoms with Gasteiger partial charge in [0.25, 0.3) is 10.1 Å². The van der Waals surface area contributed by atoms with Crippen molar-refractivity contribution in [3.05, 3.63) is 0 Å². The zero-order chi connectivity index (χ0) is 12.6. The van der Waals surface area contributed by atoms with Gasteiger partial charge in [0.1, 0.15) is 6.04 Å². The van der Waals surface area contributed by atoms with E-state index in [2.05, 4.69) is 0 Å². The number of nitrogens with two attached hydrogens (primary N) is 2. The summed E-state index contributed by atoms with van der Waals surface area (Å²) in [5.41, 5.74) is 9.69. The molecule has 0 aromatic carbocycles. The summed E-state index contributed by atoms with van der Waals surface area (Å²) in [4.78, 5) is 9.86. The normalized spacial score (nSPS) is 14.7. The third kappa shape index (κ3) is 13.3. The van der Waals surface area contributed by atoms with Crippen LogP contribution in [-0.4, -0.2) is 53.6 Å². The van der Waals surface area contributed by atoms with E-state index in [1.54, 1.807) is 0 Å². The maximum Gasteiger partial charge on any atom is 0.323 e. The number of aliphatic hydroxyl groups is 1. The first kappa shape index (κ1) is 16.7. The van der Waals surface area contributed by atoms with Gasteiger partial charge in [-0.05, 0) is 6.92 Å². The van der Waals surface area contributed by atoms with Crippen molar-refractivity contribution in [2.24, 2.45) is 11.5 Å². The Balaban J connectivity index is 0. The predicted molar refractivity (Wildman–Crippen MR) is 52.8 cm³/mol. The fourth-order valence-electron chi connectivity index (χ4n) is 0.355. The highest BCUT2D eigenvalue weighted by molar-refractivity contribution is 7.85. The average Bonchev–Trinajstić information content (AvgIpc) is 2.01. The molecule has 0 radical (unpaired) electrons. The molecule has 2 atom stereocenters. The first-order valence-electron chi connectivity index (χ1n) is 3.93. The fraction of sp³-hybridized carbons (Fsp3) is 0.833. The van der Waals surface area contributed by atoms with E-state index in [4.69, 9.17) is 26.2 Å². The molecule has 0 unspecified atom stereocenters. The molecule has 0 saturated carbocycles. The molecule has 7 N–H and O–H groups in total. The summed E-state index contributed by atoms with van der Waals surface area (Å²) in [5.74, 6) is -1.53. The van der Waals surface area contributed by atoms with Crippen molar-refractivity contribution in [3.8, 4) is 0 Å². The van der Waals surface area contributed by atoms with Gasteiger partial charge in [-0.15, -0.1) is 0 Å². The molecule has 0 aliphatic rings. The zero-order valence-electron chi connectivity index (χ0n) is 8.20. The van der Waals surface area contributed by atoms with Crippen molar-refractivity contribution < 1.29 is 28.0 Å². The third-order valence-corrected chi connectivity index (χ3v) is 1.93. The molecule has 8 nitrogen and oxygen atoms in total. The number of hydrogen-bond donors (Lipinski definition) is 5. The predicted octanol–water partition coefficient (Wildman–Crippen LogP) is -2.39. The lowest BCUT2D eigenvalue weighted by molar-refractivity contribution is -0.140. The van der Waals surface area contributed by atoms with Crippen LogP contribution in [0, 0.1) is 0 Å². The van der Waals surface area contributed by atoms with Crippen molar-refractivity contribution >= 4 is 16.1 Å². The van der Waals surface area contributed by atoms with Crippen LogP contribution < -0.4 is 11.5 Å². The molecule has 0 spiro atoms. The number of aliphatic hydroxyl groups excluding tert-OH is 1. The van der Waals surface area contributed by atoms with E-state index in [9.17, 15) is 13.2 Å². The van der Waals surface area contributed by atoms with Crippen LogP contribution in [0.3, 0.4) is 0 Å². The Morgan fingerprint density at radius 2 is 1.87 bits per heavy atom. The first-order chi connectivity index (χ1) is 6.61. The van der Waals surface area contributed by atoms with Gasteiger partial charge in [0.2, 0.25) is 0 Å². The number of rotatable bonds is 4. The van der Waals surface area contributed by atoms with Gasteiger partial charge in [-0.1, -0.05) is 0 Å². The minimum Gasteiger partial charge on any atom is -0.480 e. The molecule has 0 aromatic rings. The molecular weight excluding hydrogens is 228 g/mol. The van der Waals surface area contributed by atoms with E-state index < -0.39 is 28.2 Å². The summed E-state index contributed by atoms with van der Waals surface area (Å²) in [5, 5.41) is 16.6. The average molecular weight is 244 g/mol. The Morgan fingerprint density at radius 3 is 1.87 bits per heavy atom. The van der Waals surface area contributed by atoms with Gasteiger partial charge in [0.05, 0.1) is 11.9 Å². The Bertz CT molecular complexity index is 275. The Hall–Kier alpha value is -0.740. The SMILES string of the molecule is C[C@@H](O)[C@H](N)C(=O)O.NCCS(=O)(=O)O. The van der Waals surface area contributed by atoms with Crippen LogP contribution in [0.25, 0.3) is 0 Å². The van der Waals surface area contributed by atoms with Gasteiger partial charge in [0, 0.05) is 6.54 Å². The number of carbonyl (C=O) groups is 1. The summed E-state index contributed by atoms with van der Waals surface area (Å²) in [7, 11) is -3.80. The second-order valence-electron chi connectivity index (χ2n) is 2.68. The van der Waals surface area contributed by atoms with Crippen molar-refractivity contribution in [1.82, 2.24) is 0 Å². The molecule has 0 aliphatic carbocycles. The Labute approximate surface area is 87.6 Å². The van der Waals surface area contributed by atoms with Gasteiger partial charge >= 0.3 is 5.97 Å². The molecule has 92 valence electrons. The van der Waals surface area contributed by atoms with Crippen LogP contribution in [0.1, 0.15) is 6.92 Å². The first-order valence-corrected chi connectivity index (χ1v) is 5.54. The van der Waals surface area contributed by atoms with Gasteiger partial charge < -0.3 is 21.7 Å². The smallest absolute Gasteiger partial charge is 0.323 e. The molecule has 0 fully saturated rings. The largest absolute Gasteiger partial charge is 0.480 e. The third-order valence-electron chi connectivity index (χ3n) is 1.18. The molecule has 9 heteroatoms. The van der Waals surface area contributed by atoms with Gasteiger partial charge in [-0.3, -0.25) is 9.35 Å². The highest BCUT2D eigenvalue weighted by Gasteiger charge is 2.16. The molecule has 0 rings (SSSR count). The van der Waals surface area contributed by atoms with Gasteiger partial charge in [-0.2, -0.15) is 8.42 Å². The van der Waals surface area contributed by atoms with Crippen molar-refractivity contribution in [1.29, 1.82) is 0 Å². The van der Waals surface area contributed by atoms with E-state index in [0.29, 0.717) is 0 Å². The maximum atomic E-state index is 9.86. The van der Waals surface area contributed by atoms with Crippen LogP contribution >= 0.6 is 0 Å². The second-order valence-corrected chi connectivity index (χ2v) is 4.25. The monoisotopic (exact) mass is 244 g/mol. The van der Waals surface area contributed by atoms with Crippen molar-refractivity contribution in [2.45, 2.75) is 19.1 Å². The molecule has 0 saturated heterocycles. The summed E-state index contributed by atoms with van der Waals surface area (Å²) >= 11 is 0. The lowest BCUT2D eigenvalue weighted by atomic mass is 10.2. The highest BCUT2D eigenvalue weighted by atomic mass is 32.2. The number of carboxylic acid groups (broad SMARTS) is 1. The van der Waals surface area contributed by atoms with Gasteiger partial charge in [-0.25, -0.2) is 0 Å². The summed E-state index contributed by atoms with van der Waals surface area (Å²) in [6.45, 7) is 1.30. The summed E-state index contributed by atoms with van der Waals surface area (Å²) < 4.78 is 27.3. The zero-order valence-corrected chi connectivity index (χ0v) is 9.01. The standard InChI is InChI=1S/C4H9NO3.C2H7NO3S/c1-2(6)3(5)4(7)8;3-1-2-7(4,5)6/h2-3,6H,5H2,1H3,(H,7,8);1-3H2,(H,4,5,6)/t2-,3+;/m1./s1. The van der Waals surface area contributed by atoms with Crippen LogP contribution in [0.15, 0.2) is 0 Å². The Morgan fingerprint density at radius 1 is 1.47 bits per heavy atom. The van der Waals surface area contributed by atoms with E-state index in [1.807, 2.05) is 0 Å². The second kappa shape index (κ2) is 7.54. The number of carboxylic acids is 1. The van der Waals surface area contributed by atoms with Crippen LogP contribution in [0.4, 0.5) is 0 Å². The van der Waals surface area contributed by atoms with Gasteiger partial charge in [0.15, 0.2) is 0 Å². The van der Waals surface area contributed by atoms with Crippen LogP contribution in [0.2, 0.25) is 0 Å². The lowest BCUT2D eigenvalue weighted by Gasteiger charge is -2.06. The lowest BCUT2D eigenvalue weighted by Crippen LogP contribution is -2.39. The van der Waals surface area contributed by atoms with Crippen molar-refractivity contribution in [2.75, 3.05) is 12.3 Å². The molecular formula is C6H16N2O6S. The topological polar surface area (TPSA) is 164 Å². The number of hydrogen-bond acceptors (Lipinski definition) is 6. The van der Waals surface area contributed by atoms with Crippen LogP contribution in [-0.2, 0) is 14.9 Å². The molecule has 0 amide bonds. The quantitative estimate of drug-likeness (QED) is 0.342. The van der Waals surface area contributed by atoms with E-state index in [-0.39, 0.29) is 12.3 Å². The molecule has 0 bridgehead atoms. The maximum absolute atomic E-state index is 9.86. The highest BCUT2D eigenvalue weighted by Crippen LogP contribution is 1.85.